The van der Waals surface area contributed by atoms with Crippen LogP contribution in [-0.4, -0.2) is 16.0 Å². The third-order valence-electron chi connectivity index (χ3n) is 2.92. The van der Waals surface area contributed by atoms with E-state index in [0.29, 0.717) is 22.4 Å². The SMILES string of the molecule is O=C(Nc1ccccc1Br)Nc1cccc2[nH]c(=O)[nH]c12. The molecule has 0 bridgehead atoms. The maximum Gasteiger partial charge on any atom is 0.323 e. The van der Waals surface area contributed by atoms with Gasteiger partial charge < -0.3 is 20.6 Å². The van der Waals surface area contributed by atoms with Crippen molar-refractivity contribution < 1.29 is 4.79 Å². The summed E-state index contributed by atoms with van der Waals surface area (Å²) in [5.41, 5.74) is 2.06. The third kappa shape index (κ3) is 2.82. The van der Waals surface area contributed by atoms with E-state index in [1.807, 2.05) is 18.2 Å². The molecule has 0 saturated carbocycles. The second-order valence-electron chi connectivity index (χ2n) is 4.37. The Morgan fingerprint density at radius 1 is 0.952 bits per heavy atom. The van der Waals surface area contributed by atoms with Gasteiger partial charge in [-0.25, -0.2) is 9.59 Å². The number of halogens is 1. The fraction of sp³-hybridized carbons (Fsp3) is 0. The van der Waals surface area contributed by atoms with E-state index in [4.69, 9.17) is 0 Å². The van der Waals surface area contributed by atoms with Gasteiger partial charge in [0.05, 0.1) is 22.4 Å². The minimum atomic E-state index is -0.392. The van der Waals surface area contributed by atoms with E-state index in [1.54, 1.807) is 24.3 Å². The van der Waals surface area contributed by atoms with Gasteiger partial charge in [-0.2, -0.15) is 0 Å². The lowest BCUT2D eigenvalue weighted by Crippen LogP contribution is -2.19. The molecule has 2 amide bonds. The quantitative estimate of drug-likeness (QED) is 0.573. The van der Waals surface area contributed by atoms with Crippen molar-refractivity contribution in [2.75, 3.05) is 10.6 Å². The summed E-state index contributed by atoms with van der Waals surface area (Å²) >= 11 is 3.36. The van der Waals surface area contributed by atoms with Crippen molar-refractivity contribution in [2.45, 2.75) is 0 Å². The zero-order valence-corrected chi connectivity index (χ0v) is 12.3. The number of amides is 2. The molecule has 4 N–H and O–H groups in total. The Bertz CT molecular complexity index is 869. The molecule has 21 heavy (non-hydrogen) atoms. The summed E-state index contributed by atoms with van der Waals surface area (Å²) in [4.78, 5) is 28.6. The summed E-state index contributed by atoms with van der Waals surface area (Å²) in [7, 11) is 0. The van der Waals surface area contributed by atoms with Gasteiger partial charge in [-0.3, -0.25) is 0 Å². The zero-order chi connectivity index (χ0) is 14.8. The Morgan fingerprint density at radius 3 is 2.48 bits per heavy atom. The van der Waals surface area contributed by atoms with Crippen LogP contribution in [0.5, 0.6) is 0 Å². The molecule has 0 aliphatic carbocycles. The van der Waals surface area contributed by atoms with Crippen LogP contribution in [0.15, 0.2) is 51.7 Å². The molecule has 0 unspecified atom stereocenters. The van der Waals surface area contributed by atoms with Crippen LogP contribution >= 0.6 is 15.9 Å². The molecule has 1 aromatic heterocycles. The summed E-state index contributed by atoms with van der Waals surface area (Å²) < 4.78 is 0.786. The monoisotopic (exact) mass is 346 g/mol. The molecule has 6 nitrogen and oxygen atoms in total. The Labute approximate surface area is 127 Å². The average molecular weight is 347 g/mol. The number of para-hydroxylation sites is 2. The van der Waals surface area contributed by atoms with E-state index in [9.17, 15) is 9.59 Å². The number of H-pyrrole nitrogens is 2. The fourth-order valence-corrected chi connectivity index (χ4v) is 2.38. The first-order valence-electron chi connectivity index (χ1n) is 6.17. The van der Waals surface area contributed by atoms with Crippen molar-refractivity contribution in [3.63, 3.8) is 0 Å². The van der Waals surface area contributed by atoms with Crippen LogP contribution in [-0.2, 0) is 0 Å². The lowest BCUT2D eigenvalue weighted by molar-refractivity contribution is 0.262. The van der Waals surface area contributed by atoms with Gasteiger partial charge in [-0.1, -0.05) is 18.2 Å². The second kappa shape index (κ2) is 5.45. The number of anilines is 2. The number of nitrogens with one attached hydrogen (secondary N) is 4. The van der Waals surface area contributed by atoms with Crippen LogP contribution in [0.4, 0.5) is 16.2 Å². The molecule has 0 aliphatic rings. The van der Waals surface area contributed by atoms with Gasteiger partial charge >= 0.3 is 11.7 Å². The summed E-state index contributed by atoms with van der Waals surface area (Å²) in [5.74, 6) is 0. The Kier molecular flexibility index (Phi) is 3.49. The minimum absolute atomic E-state index is 0.314. The second-order valence-corrected chi connectivity index (χ2v) is 5.22. The molecule has 0 saturated heterocycles. The highest BCUT2D eigenvalue weighted by molar-refractivity contribution is 9.10. The van der Waals surface area contributed by atoms with Gasteiger partial charge in [0.2, 0.25) is 0 Å². The molecular weight excluding hydrogens is 336 g/mol. The van der Waals surface area contributed by atoms with Crippen LogP contribution in [0, 0.1) is 0 Å². The van der Waals surface area contributed by atoms with E-state index < -0.39 is 6.03 Å². The summed E-state index contributed by atoms with van der Waals surface area (Å²) in [5, 5.41) is 5.44. The van der Waals surface area contributed by atoms with Crippen LogP contribution < -0.4 is 16.3 Å². The first-order valence-corrected chi connectivity index (χ1v) is 6.96. The molecular formula is C14H11BrN4O2. The number of imidazole rings is 1. The Balaban J connectivity index is 1.84. The molecule has 2 aromatic carbocycles. The van der Waals surface area contributed by atoms with Gasteiger partial charge in [0, 0.05) is 4.47 Å². The van der Waals surface area contributed by atoms with Gasteiger partial charge in [0.15, 0.2) is 0 Å². The third-order valence-corrected chi connectivity index (χ3v) is 3.61. The number of carbonyl (C=O) groups excluding carboxylic acids is 1. The number of carbonyl (C=O) groups is 1. The number of fused-ring (bicyclic) bond motifs is 1. The standard InChI is InChI=1S/C14H11BrN4O2/c15-8-4-1-2-5-9(8)16-13(20)17-10-6-3-7-11-12(10)19-14(21)18-11/h1-7H,(H2,16,17,20)(H2,18,19,21). The van der Waals surface area contributed by atoms with Crippen molar-refractivity contribution >= 4 is 44.4 Å². The molecule has 3 aromatic rings. The van der Waals surface area contributed by atoms with E-state index in [2.05, 4.69) is 36.5 Å². The molecule has 1 heterocycles. The van der Waals surface area contributed by atoms with E-state index in [0.717, 1.165) is 4.47 Å². The van der Waals surface area contributed by atoms with Crippen molar-refractivity contribution in [1.82, 2.24) is 9.97 Å². The normalized spacial score (nSPS) is 10.5. The highest BCUT2D eigenvalue weighted by atomic mass is 79.9. The van der Waals surface area contributed by atoms with Gasteiger partial charge in [0.25, 0.3) is 0 Å². The maximum absolute atomic E-state index is 12.0. The van der Waals surface area contributed by atoms with Gasteiger partial charge in [-0.05, 0) is 40.2 Å². The Morgan fingerprint density at radius 2 is 1.67 bits per heavy atom. The largest absolute Gasteiger partial charge is 0.323 e. The predicted octanol–water partition coefficient (Wildman–Crippen LogP) is 3.26. The predicted molar refractivity (Wildman–Crippen MR) is 85.7 cm³/mol. The number of hydrogen-bond acceptors (Lipinski definition) is 2. The van der Waals surface area contributed by atoms with Crippen LogP contribution in [0.25, 0.3) is 11.0 Å². The molecule has 0 fully saturated rings. The maximum atomic E-state index is 12.0. The lowest BCUT2D eigenvalue weighted by Gasteiger charge is -2.09. The summed E-state index contributed by atoms with van der Waals surface area (Å²) in [6.45, 7) is 0. The summed E-state index contributed by atoms with van der Waals surface area (Å²) in [6, 6.07) is 12.1. The van der Waals surface area contributed by atoms with Crippen LogP contribution in [0.2, 0.25) is 0 Å². The fourth-order valence-electron chi connectivity index (χ4n) is 2.00. The molecule has 0 atom stereocenters. The Hall–Kier alpha value is -2.54. The van der Waals surface area contributed by atoms with E-state index in [-0.39, 0.29) is 5.69 Å². The number of urea groups is 1. The molecule has 106 valence electrons. The molecule has 3 rings (SSSR count). The average Bonchev–Trinajstić information content (AvgIpc) is 2.83. The van der Waals surface area contributed by atoms with Gasteiger partial charge in [0.1, 0.15) is 0 Å². The smallest absolute Gasteiger partial charge is 0.307 e. The number of aromatic nitrogens is 2. The van der Waals surface area contributed by atoms with Crippen molar-refractivity contribution in [1.29, 1.82) is 0 Å². The highest BCUT2D eigenvalue weighted by Gasteiger charge is 2.09. The summed E-state index contributed by atoms with van der Waals surface area (Å²) in [6.07, 6.45) is 0. The first-order chi connectivity index (χ1) is 10.1. The minimum Gasteiger partial charge on any atom is -0.307 e. The van der Waals surface area contributed by atoms with Gasteiger partial charge in [-0.15, -0.1) is 0 Å². The first kappa shape index (κ1) is 13.4. The van der Waals surface area contributed by atoms with Crippen molar-refractivity contribution in [3.8, 4) is 0 Å². The molecule has 0 aliphatic heterocycles. The zero-order valence-electron chi connectivity index (χ0n) is 10.7. The highest BCUT2D eigenvalue weighted by Crippen LogP contribution is 2.22. The van der Waals surface area contributed by atoms with Crippen LogP contribution in [0.3, 0.4) is 0 Å². The number of hydrogen-bond donors (Lipinski definition) is 4. The number of rotatable bonds is 2. The van der Waals surface area contributed by atoms with E-state index in [1.165, 1.54) is 0 Å². The molecule has 7 heteroatoms. The number of aromatic amines is 2. The lowest BCUT2D eigenvalue weighted by atomic mass is 10.2. The molecule has 0 radical (unpaired) electrons. The molecule has 0 spiro atoms. The van der Waals surface area contributed by atoms with Crippen molar-refractivity contribution in [3.05, 3.63) is 57.4 Å². The topological polar surface area (TPSA) is 89.8 Å². The van der Waals surface area contributed by atoms with E-state index >= 15 is 0 Å². The van der Waals surface area contributed by atoms with Crippen molar-refractivity contribution in [2.24, 2.45) is 0 Å². The van der Waals surface area contributed by atoms with Crippen LogP contribution in [0.1, 0.15) is 0 Å². The number of benzene rings is 2.